The number of hydrogen-bond donors (Lipinski definition) is 3. The molecule has 3 amide bonds. The van der Waals surface area contributed by atoms with E-state index < -0.39 is 30.4 Å². The molecule has 0 fully saturated rings. The Balaban J connectivity index is 1.59. The summed E-state index contributed by atoms with van der Waals surface area (Å²) in [4.78, 5) is 43.2. The fraction of sp³-hybridized carbons (Fsp3) is 0.345. The van der Waals surface area contributed by atoms with E-state index in [0.717, 1.165) is 35.5 Å². The Morgan fingerprint density at radius 2 is 1.71 bits per heavy atom. The molecule has 1 heterocycles. The molecule has 3 N–H and O–H groups in total. The Bertz CT molecular complexity index is 1140. The van der Waals surface area contributed by atoms with Gasteiger partial charge in [-0.25, -0.2) is 5.06 Å². The SMILES string of the molecule is CCCCC[C@@H](C(=O)NCNC(=O)c1ccc(-c2ccccc2)o1)[C@@H](CO)N(C=O)OCc1ccccc1. The van der Waals surface area contributed by atoms with Crippen molar-refractivity contribution in [3.05, 3.63) is 84.1 Å². The van der Waals surface area contributed by atoms with E-state index in [1.165, 1.54) is 0 Å². The smallest absolute Gasteiger partial charge is 0.288 e. The monoisotopic (exact) mass is 521 g/mol. The molecule has 9 heteroatoms. The van der Waals surface area contributed by atoms with Gasteiger partial charge in [-0.05, 0) is 24.1 Å². The molecule has 0 unspecified atom stereocenters. The number of aliphatic hydroxyl groups excluding tert-OH is 1. The van der Waals surface area contributed by atoms with Gasteiger partial charge in [0.2, 0.25) is 12.3 Å². The highest BCUT2D eigenvalue weighted by atomic mass is 16.7. The zero-order valence-electron chi connectivity index (χ0n) is 21.5. The van der Waals surface area contributed by atoms with Crippen molar-refractivity contribution in [3.63, 3.8) is 0 Å². The summed E-state index contributed by atoms with van der Waals surface area (Å²) in [7, 11) is 0. The van der Waals surface area contributed by atoms with Crippen LogP contribution in [0, 0.1) is 5.92 Å². The van der Waals surface area contributed by atoms with Crippen molar-refractivity contribution in [2.24, 2.45) is 5.92 Å². The third-order valence-electron chi connectivity index (χ3n) is 6.16. The molecule has 2 atom stereocenters. The molecule has 0 saturated carbocycles. The topological polar surface area (TPSA) is 121 Å². The first-order chi connectivity index (χ1) is 18.6. The largest absolute Gasteiger partial charge is 0.451 e. The molecular formula is C29H35N3O6. The minimum Gasteiger partial charge on any atom is -0.451 e. The molecule has 38 heavy (non-hydrogen) atoms. The van der Waals surface area contributed by atoms with Crippen LogP contribution in [0.4, 0.5) is 0 Å². The van der Waals surface area contributed by atoms with Gasteiger partial charge in [-0.2, -0.15) is 0 Å². The molecule has 0 radical (unpaired) electrons. The van der Waals surface area contributed by atoms with Crippen LogP contribution >= 0.6 is 0 Å². The third-order valence-corrected chi connectivity index (χ3v) is 6.16. The number of carbonyl (C=O) groups excluding carboxylic acids is 3. The molecule has 0 saturated heterocycles. The third kappa shape index (κ3) is 8.29. The van der Waals surface area contributed by atoms with Gasteiger partial charge in [0.1, 0.15) is 12.4 Å². The lowest BCUT2D eigenvalue weighted by molar-refractivity contribution is -0.204. The quantitative estimate of drug-likeness (QED) is 0.114. The molecule has 0 aliphatic carbocycles. The highest BCUT2D eigenvalue weighted by Crippen LogP contribution is 2.22. The predicted molar refractivity (Wildman–Crippen MR) is 142 cm³/mol. The Morgan fingerprint density at radius 3 is 2.37 bits per heavy atom. The minimum atomic E-state index is -0.887. The minimum absolute atomic E-state index is 0.115. The normalized spacial score (nSPS) is 12.4. The summed E-state index contributed by atoms with van der Waals surface area (Å²) in [6.07, 6.45) is 3.50. The maximum atomic E-state index is 13.1. The highest BCUT2D eigenvalue weighted by Gasteiger charge is 2.33. The van der Waals surface area contributed by atoms with Crippen molar-refractivity contribution in [1.29, 1.82) is 0 Å². The number of benzene rings is 2. The fourth-order valence-electron chi connectivity index (χ4n) is 4.07. The zero-order chi connectivity index (χ0) is 27.2. The molecule has 1 aromatic heterocycles. The molecular weight excluding hydrogens is 486 g/mol. The molecule has 0 aliphatic rings. The van der Waals surface area contributed by atoms with Gasteiger partial charge in [-0.3, -0.25) is 19.2 Å². The number of nitrogens with zero attached hydrogens (tertiary/aromatic N) is 1. The predicted octanol–water partition coefficient (Wildman–Crippen LogP) is 3.90. The number of rotatable bonds is 16. The lowest BCUT2D eigenvalue weighted by Crippen LogP contribution is -2.50. The van der Waals surface area contributed by atoms with Crippen molar-refractivity contribution < 1.29 is 28.7 Å². The molecule has 9 nitrogen and oxygen atoms in total. The second-order valence-electron chi connectivity index (χ2n) is 8.83. The van der Waals surface area contributed by atoms with E-state index in [2.05, 4.69) is 10.6 Å². The second-order valence-corrected chi connectivity index (χ2v) is 8.83. The number of amides is 3. The zero-order valence-corrected chi connectivity index (χ0v) is 21.5. The van der Waals surface area contributed by atoms with Gasteiger partial charge in [0.15, 0.2) is 5.76 Å². The van der Waals surface area contributed by atoms with Crippen molar-refractivity contribution in [2.45, 2.75) is 45.3 Å². The molecule has 3 aromatic rings. The maximum Gasteiger partial charge on any atom is 0.288 e. The first-order valence-electron chi connectivity index (χ1n) is 12.8. The van der Waals surface area contributed by atoms with Gasteiger partial charge in [0.05, 0.1) is 25.2 Å². The summed E-state index contributed by atoms with van der Waals surface area (Å²) in [5.41, 5.74) is 1.69. The lowest BCUT2D eigenvalue weighted by Gasteiger charge is -2.32. The molecule has 0 bridgehead atoms. The van der Waals surface area contributed by atoms with Gasteiger partial charge in [-0.1, -0.05) is 86.8 Å². The number of carbonyl (C=O) groups is 3. The summed E-state index contributed by atoms with van der Waals surface area (Å²) < 4.78 is 5.65. The highest BCUT2D eigenvalue weighted by molar-refractivity contribution is 5.92. The number of hydrogen-bond acceptors (Lipinski definition) is 6. The summed E-state index contributed by atoms with van der Waals surface area (Å²) >= 11 is 0. The van der Waals surface area contributed by atoms with Crippen LogP contribution in [0.5, 0.6) is 0 Å². The van der Waals surface area contributed by atoms with E-state index in [1.54, 1.807) is 12.1 Å². The second kappa shape index (κ2) is 15.3. The Labute approximate surface area is 222 Å². The van der Waals surface area contributed by atoms with Crippen LogP contribution in [-0.4, -0.2) is 47.7 Å². The van der Waals surface area contributed by atoms with Crippen LogP contribution in [0.15, 0.2) is 77.2 Å². The molecule has 3 rings (SSSR count). The first kappa shape index (κ1) is 28.6. The number of unbranched alkanes of at least 4 members (excludes halogenated alkanes) is 2. The van der Waals surface area contributed by atoms with Crippen LogP contribution in [0.1, 0.15) is 48.7 Å². The Morgan fingerprint density at radius 1 is 1.00 bits per heavy atom. The summed E-state index contributed by atoms with van der Waals surface area (Å²) in [6, 6.07) is 21.1. The number of furan rings is 1. The lowest BCUT2D eigenvalue weighted by atomic mass is 9.92. The van der Waals surface area contributed by atoms with E-state index in [1.807, 2.05) is 67.6 Å². The summed E-state index contributed by atoms with van der Waals surface area (Å²) in [5, 5.41) is 16.4. The molecule has 0 spiro atoms. The molecule has 202 valence electrons. The standard InChI is InChI=1S/C29H35N3O6/c1-2-3-6-15-24(25(18-33)32(21-34)37-19-22-11-7-4-8-12-22)28(35)30-20-31-29(36)27-17-16-26(38-27)23-13-9-5-10-14-23/h4-5,7-14,16-17,21,24-25,33H,2-3,6,15,18-20H2,1H3,(H,30,35)(H,31,36)/t24-,25-/m1/s1. The van der Waals surface area contributed by atoms with Crippen LogP contribution in [0.3, 0.4) is 0 Å². The molecule has 2 aromatic carbocycles. The first-order valence-corrected chi connectivity index (χ1v) is 12.8. The Hall–Kier alpha value is -3.95. The van der Waals surface area contributed by atoms with E-state index in [9.17, 15) is 19.5 Å². The number of aliphatic hydroxyl groups is 1. The van der Waals surface area contributed by atoms with Gasteiger partial charge >= 0.3 is 0 Å². The average molecular weight is 522 g/mol. The van der Waals surface area contributed by atoms with Crippen molar-refractivity contribution in [2.75, 3.05) is 13.3 Å². The van der Waals surface area contributed by atoms with Crippen LogP contribution in [-0.2, 0) is 21.0 Å². The van der Waals surface area contributed by atoms with Crippen molar-refractivity contribution in [3.8, 4) is 11.3 Å². The fourth-order valence-corrected chi connectivity index (χ4v) is 4.07. The van der Waals surface area contributed by atoms with E-state index in [4.69, 9.17) is 9.25 Å². The van der Waals surface area contributed by atoms with Gasteiger partial charge in [0, 0.05) is 5.56 Å². The maximum absolute atomic E-state index is 13.1. The Kier molecular flexibility index (Phi) is 11.5. The number of hydroxylamine groups is 2. The van der Waals surface area contributed by atoms with Crippen molar-refractivity contribution in [1.82, 2.24) is 15.7 Å². The van der Waals surface area contributed by atoms with Gasteiger partial charge < -0.3 is 20.2 Å². The van der Waals surface area contributed by atoms with Gasteiger partial charge in [-0.15, -0.1) is 0 Å². The van der Waals surface area contributed by atoms with Crippen LogP contribution < -0.4 is 10.6 Å². The van der Waals surface area contributed by atoms with Gasteiger partial charge in [0.25, 0.3) is 5.91 Å². The van der Waals surface area contributed by atoms with Crippen molar-refractivity contribution >= 4 is 18.2 Å². The average Bonchev–Trinajstić information content (AvgIpc) is 3.46. The van der Waals surface area contributed by atoms with E-state index >= 15 is 0 Å². The van der Waals surface area contributed by atoms with E-state index in [-0.39, 0.29) is 19.0 Å². The summed E-state index contributed by atoms with van der Waals surface area (Å²) in [6.45, 7) is 1.56. The van der Waals surface area contributed by atoms with Crippen LogP contribution in [0.25, 0.3) is 11.3 Å². The van der Waals surface area contributed by atoms with Crippen LogP contribution in [0.2, 0.25) is 0 Å². The number of nitrogens with one attached hydrogen (secondary N) is 2. The van der Waals surface area contributed by atoms with E-state index in [0.29, 0.717) is 18.6 Å². The molecule has 0 aliphatic heterocycles. The summed E-state index contributed by atoms with van der Waals surface area (Å²) in [5.74, 6) is -0.939.